The molecule has 0 aliphatic carbocycles. The van der Waals surface area contributed by atoms with Gasteiger partial charge in [-0.2, -0.15) is 16.9 Å². The molecule has 2 heterocycles. The molecule has 0 radical (unpaired) electrons. The minimum absolute atomic E-state index is 0.0886. The molecule has 0 saturated carbocycles. The summed E-state index contributed by atoms with van der Waals surface area (Å²) >= 11 is 1.68. The van der Waals surface area contributed by atoms with E-state index in [2.05, 4.69) is 5.10 Å². The number of aryl methyl sites for hydroxylation is 1. The average molecular weight is 304 g/mol. The average Bonchev–Trinajstić information content (AvgIpc) is 2.76. The van der Waals surface area contributed by atoms with Crippen LogP contribution < -0.4 is 5.73 Å². The van der Waals surface area contributed by atoms with Gasteiger partial charge in [-0.3, -0.25) is 9.58 Å². The molecule has 1 aliphatic rings. The second-order valence-electron chi connectivity index (χ2n) is 4.80. The van der Waals surface area contributed by atoms with Crippen molar-refractivity contribution >= 4 is 21.6 Å². The fraction of sp³-hybridized carbons (Fsp3) is 0.727. The predicted molar refractivity (Wildman–Crippen MR) is 77.7 cm³/mol. The first-order chi connectivity index (χ1) is 8.93. The number of thioether (sulfide) groups is 1. The number of rotatable bonds is 4. The van der Waals surface area contributed by atoms with E-state index in [1.54, 1.807) is 22.6 Å². The van der Waals surface area contributed by atoms with Gasteiger partial charge in [0.15, 0.2) is 9.84 Å². The second kappa shape index (κ2) is 5.82. The summed E-state index contributed by atoms with van der Waals surface area (Å²) in [5.74, 6) is 1.54. The first-order valence-corrected chi connectivity index (χ1v) is 9.25. The molecule has 1 fully saturated rings. The fourth-order valence-corrected chi connectivity index (χ4v) is 5.32. The minimum atomic E-state index is -3.11. The molecule has 1 aromatic heterocycles. The van der Waals surface area contributed by atoms with E-state index in [1.807, 2.05) is 18.1 Å². The lowest BCUT2D eigenvalue weighted by Gasteiger charge is -2.39. The van der Waals surface area contributed by atoms with Crippen molar-refractivity contribution in [1.82, 2.24) is 14.7 Å². The van der Waals surface area contributed by atoms with Crippen molar-refractivity contribution in [2.75, 3.05) is 30.9 Å². The maximum Gasteiger partial charge on any atom is 0.164 e. The van der Waals surface area contributed by atoms with Gasteiger partial charge in [0.05, 0.1) is 12.2 Å². The van der Waals surface area contributed by atoms with Crippen LogP contribution in [0.1, 0.15) is 11.6 Å². The third-order valence-electron chi connectivity index (χ3n) is 3.35. The van der Waals surface area contributed by atoms with Crippen molar-refractivity contribution in [3.05, 3.63) is 18.0 Å². The molecular formula is C11H20N4O2S2. The molecule has 6 nitrogen and oxygen atoms in total. The third kappa shape index (κ3) is 3.31. The number of sulfone groups is 1. The van der Waals surface area contributed by atoms with Gasteiger partial charge < -0.3 is 5.73 Å². The third-order valence-corrected chi connectivity index (χ3v) is 6.01. The van der Waals surface area contributed by atoms with E-state index < -0.39 is 15.2 Å². The zero-order valence-corrected chi connectivity index (χ0v) is 12.8. The molecule has 2 rings (SSSR count). The van der Waals surface area contributed by atoms with Gasteiger partial charge in [0.2, 0.25) is 0 Å². The largest absolute Gasteiger partial charge is 0.329 e. The zero-order valence-electron chi connectivity index (χ0n) is 11.2. The smallest absolute Gasteiger partial charge is 0.164 e. The number of nitrogens with two attached hydrogens (primary N) is 1. The molecule has 1 aliphatic heterocycles. The zero-order chi connectivity index (χ0) is 14.0. The summed E-state index contributed by atoms with van der Waals surface area (Å²) in [7, 11) is -1.26. The van der Waals surface area contributed by atoms with E-state index in [9.17, 15) is 8.42 Å². The Kier molecular flexibility index (Phi) is 4.54. The lowest BCUT2D eigenvalue weighted by atomic mass is 10.1. The van der Waals surface area contributed by atoms with E-state index >= 15 is 0 Å². The molecule has 2 atom stereocenters. The van der Waals surface area contributed by atoms with Gasteiger partial charge in [-0.25, -0.2) is 8.42 Å². The number of aromatic nitrogens is 2. The van der Waals surface area contributed by atoms with Gasteiger partial charge in [0, 0.05) is 49.7 Å². The standard InChI is InChI=1S/C11H20N4O2S2/c1-14-7-9(6-13-14)10(5-12)15-3-4-18-8-11(15)19(2,16)17/h6-7,10-11H,3-5,8,12H2,1-2H3. The molecule has 0 spiro atoms. The van der Waals surface area contributed by atoms with E-state index in [0.717, 1.165) is 17.9 Å². The highest BCUT2D eigenvalue weighted by atomic mass is 32.2. The van der Waals surface area contributed by atoms with Crippen molar-refractivity contribution in [2.24, 2.45) is 12.8 Å². The maximum absolute atomic E-state index is 11.9. The molecule has 19 heavy (non-hydrogen) atoms. The van der Waals surface area contributed by atoms with Crippen LogP contribution in [0.4, 0.5) is 0 Å². The van der Waals surface area contributed by atoms with Crippen LogP contribution in [0, 0.1) is 0 Å². The van der Waals surface area contributed by atoms with Gasteiger partial charge in [-0.15, -0.1) is 0 Å². The van der Waals surface area contributed by atoms with Crippen LogP contribution in [0.25, 0.3) is 0 Å². The Labute approximate surface area is 118 Å². The van der Waals surface area contributed by atoms with Crippen molar-refractivity contribution in [1.29, 1.82) is 0 Å². The Balaban J connectivity index is 2.29. The Morgan fingerprint density at radius 3 is 2.89 bits per heavy atom. The van der Waals surface area contributed by atoms with Crippen LogP contribution in [-0.4, -0.2) is 59.3 Å². The van der Waals surface area contributed by atoms with E-state index in [4.69, 9.17) is 5.73 Å². The molecule has 0 bridgehead atoms. The molecule has 0 amide bonds. The van der Waals surface area contributed by atoms with Crippen LogP contribution in [0.3, 0.4) is 0 Å². The lowest BCUT2D eigenvalue weighted by Crippen LogP contribution is -2.50. The Morgan fingerprint density at radius 2 is 2.37 bits per heavy atom. The van der Waals surface area contributed by atoms with Gasteiger partial charge >= 0.3 is 0 Å². The number of hydrogen-bond acceptors (Lipinski definition) is 6. The van der Waals surface area contributed by atoms with E-state index in [-0.39, 0.29) is 6.04 Å². The van der Waals surface area contributed by atoms with Crippen LogP contribution in [-0.2, 0) is 16.9 Å². The summed E-state index contributed by atoms with van der Waals surface area (Å²) in [4.78, 5) is 2.00. The summed E-state index contributed by atoms with van der Waals surface area (Å²) in [6.07, 6.45) is 4.96. The monoisotopic (exact) mass is 304 g/mol. The van der Waals surface area contributed by atoms with E-state index in [0.29, 0.717) is 12.3 Å². The summed E-state index contributed by atoms with van der Waals surface area (Å²) < 4.78 is 25.6. The molecule has 0 aromatic carbocycles. The van der Waals surface area contributed by atoms with E-state index in [1.165, 1.54) is 6.26 Å². The topological polar surface area (TPSA) is 81.2 Å². The first kappa shape index (κ1) is 14.8. The summed E-state index contributed by atoms with van der Waals surface area (Å²) in [5.41, 5.74) is 6.85. The molecule has 2 unspecified atom stereocenters. The summed E-state index contributed by atoms with van der Waals surface area (Å²) in [6.45, 7) is 1.13. The maximum atomic E-state index is 11.9. The van der Waals surface area contributed by atoms with Crippen LogP contribution in [0.5, 0.6) is 0 Å². The van der Waals surface area contributed by atoms with Crippen LogP contribution >= 0.6 is 11.8 Å². The first-order valence-electron chi connectivity index (χ1n) is 6.14. The number of nitrogens with zero attached hydrogens (tertiary/aromatic N) is 3. The van der Waals surface area contributed by atoms with Crippen LogP contribution in [0.15, 0.2) is 12.4 Å². The van der Waals surface area contributed by atoms with Crippen molar-refractivity contribution in [2.45, 2.75) is 11.4 Å². The fourth-order valence-electron chi connectivity index (χ4n) is 2.40. The highest BCUT2D eigenvalue weighted by Gasteiger charge is 2.35. The second-order valence-corrected chi connectivity index (χ2v) is 8.15. The normalized spacial score (nSPS) is 23.4. The van der Waals surface area contributed by atoms with Crippen molar-refractivity contribution < 1.29 is 8.42 Å². The Bertz CT molecular complexity index is 529. The molecule has 2 N–H and O–H groups in total. The van der Waals surface area contributed by atoms with Gasteiger partial charge in [-0.05, 0) is 0 Å². The van der Waals surface area contributed by atoms with Gasteiger partial charge in [0.1, 0.15) is 5.37 Å². The minimum Gasteiger partial charge on any atom is -0.329 e. The van der Waals surface area contributed by atoms with Crippen molar-refractivity contribution in [3.8, 4) is 0 Å². The van der Waals surface area contributed by atoms with Crippen molar-refractivity contribution in [3.63, 3.8) is 0 Å². The molecule has 8 heteroatoms. The number of hydrogen-bond donors (Lipinski definition) is 1. The lowest BCUT2D eigenvalue weighted by molar-refractivity contribution is 0.198. The SMILES string of the molecule is Cn1cc(C(CN)N2CCSCC2S(C)(=O)=O)cn1. The predicted octanol–water partition coefficient (Wildman–Crippen LogP) is -0.161. The highest BCUT2D eigenvalue weighted by molar-refractivity contribution is 8.00. The van der Waals surface area contributed by atoms with Gasteiger partial charge in [-0.1, -0.05) is 0 Å². The van der Waals surface area contributed by atoms with Crippen LogP contribution in [0.2, 0.25) is 0 Å². The quantitative estimate of drug-likeness (QED) is 0.832. The molecule has 1 saturated heterocycles. The Morgan fingerprint density at radius 1 is 1.63 bits per heavy atom. The molecular weight excluding hydrogens is 284 g/mol. The summed E-state index contributed by atoms with van der Waals surface area (Å²) in [5, 5.41) is 3.69. The molecule has 108 valence electrons. The highest BCUT2D eigenvalue weighted by Crippen LogP contribution is 2.29. The Hall–Kier alpha value is -0.570. The molecule has 1 aromatic rings. The summed E-state index contributed by atoms with van der Waals surface area (Å²) in [6, 6.07) is -0.0886. The van der Waals surface area contributed by atoms with Gasteiger partial charge in [0.25, 0.3) is 0 Å².